The largest absolute Gasteiger partial charge is 0.507 e. The SMILES string of the molecule is COC(=O)CCCNC(=O)c1cc(C(=O)OC)ccc1O. The summed E-state index contributed by atoms with van der Waals surface area (Å²) in [6.45, 7) is 0.246. The molecule has 0 aliphatic rings. The first-order valence-electron chi connectivity index (χ1n) is 6.26. The van der Waals surface area contributed by atoms with Gasteiger partial charge in [-0.2, -0.15) is 0 Å². The summed E-state index contributed by atoms with van der Waals surface area (Å²) in [7, 11) is 2.51. The Bertz CT molecular complexity index is 540. The van der Waals surface area contributed by atoms with Crippen molar-refractivity contribution < 1.29 is 29.0 Å². The molecule has 0 saturated heterocycles. The highest BCUT2D eigenvalue weighted by atomic mass is 16.5. The van der Waals surface area contributed by atoms with E-state index in [1.807, 2.05) is 0 Å². The van der Waals surface area contributed by atoms with Crippen LogP contribution in [0.25, 0.3) is 0 Å². The van der Waals surface area contributed by atoms with Gasteiger partial charge in [0.1, 0.15) is 5.75 Å². The number of amides is 1. The van der Waals surface area contributed by atoms with E-state index in [1.54, 1.807) is 0 Å². The molecule has 0 atom stereocenters. The minimum Gasteiger partial charge on any atom is -0.507 e. The molecule has 0 spiro atoms. The number of rotatable bonds is 6. The monoisotopic (exact) mass is 295 g/mol. The van der Waals surface area contributed by atoms with Crippen molar-refractivity contribution in [2.45, 2.75) is 12.8 Å². The van der Waals surface area contributed by atoms with Crippen LogP contribution in [-0.2, 0) is 14.3 Å². The number of phenolic OH excluding ortho intramolecular Hbond substituents is 1. The number of methoxy groups -OCH3 is 2. The van der Waals surface area contributed by atoms with Crippen LogP contribution < -0.4 is 5.32 Å². The molecule has 0 heterocycles. The summed E-state index contributed by atoms with van der Waals surface area (Å²) in [5.74, 6) is -1.74. The number of phenols is 1. The van der Waals surface area contributed by atoms with Crippen LogP contribution in [0.1, 0.15) is 33.6 Å². The Hall–Kier alpha value is -2.57. The van der Waals surface area contributed by atoms with Crippen molar-refractivity contribution in [3.8, 4) is 5.75 Å². The Morgan fingerprint density at radius 3 is 2.52 bits per heavy atom. The third-order valence-corrected chi connectivity index (χ3v) is 2.73. The zero-order chi connectivity index (χ0) is 15.8. The molecule has 0 fully saturated rings. The van der Waals surface area contributed by atoms with E-state index >= 15 is 0 Å². The summed E-state index contributed by atoms with van der Waals surface area (Å²) >= 11 is 0. The molecule has 0 saturated carbocycles. The van der Waals surface area contributed by atoms with Gasteiger partial charge in [-0.25, -0.2) is 4.79 Å². The minimum absolute atomic E-state index is 0.0315. The number of carbonyl (C=O) groups is 3. The van der Waals surface area contributed by atoms with E-state index in [4.69, 9.17) is 0 Å². The maximum Gasteiger partial charge on any atom is 0.337 e. The Labute approximate surface area is 121 Å². The van der Waals surface area contributed by atoms with Crippen LogP contribution in [0.2, 0.25) is 0 Å². The van der Waals surface area contributed by atoms with Crippen LogP contribution in [0.4, 0.5) is 0 Å². The van der Waals surface area contributed by atoms with E-state index in [1.165, 1.54) is 32.4 Å². The molecular weight excluding hydrogens is 278 g/mol. The average molecular weight is 295 g/mol. The zero-order valence-corrected chi connectivity index (χ0v) is 11.8. The number of hydrogen-bond acceptors (Lipinski definition) is 6. The lowest BCUT2D eigenvalue weighted by Crippen LogP contribution is -2.25. The standard InChI is InChI=1S/C14H17NO6/c1-20-12(17)4-3-7-15-13(18)10-8-9(14(19)21-2)5-6-11(10)16/h5-6,8,16H,3-4,7H2,1-2H3,(H,15,18). The first-order chi connectivity index (χ1) is 9.99. The molecule has 0 bridgehead atoms. The topological polar surface area (TPSA) is 102 Å². The maximum atomic E-state index is 11.9. The first-order valence-corrected chi connectivity index (χ1v) is 6.26. The van der Waals surface area contributed by atoms with E-state index in [-0.39, 0.29) is 35.8 Å². The number of benzene rings is 1. The van der Waals surface area contributed by atoms with E-state index in [0.29, 0.717) is 6.42 Å². The van der Waals surface area contributed by atoms with Gasteiger partial charge < -0.3 is 19.9 Å². The van der Waals surface area contributed by atoms with Crippen molar-refractivity contribution >= 4 is 17.8 Å². The molecule has 0 unspecified atom stereocenters. The molecule has 0 radical (unpaired) electrons. The summed E-state index contributed by atoms with van der Waals surface area (Å²) in [6, 6.07) is 3.85. The maximum absolute atomic E-state index is 11.9. The number of nitrogens with one attached hydrogen (secondary N) is 1. The second kappa shape index (κ2) is 7.88. The highest BCUT2D eigenvalue weighted by Crippen LogP contribution is 2.19. The molecular formula is C14H17NO6. The van der Waals surface area contributed by atoms with Crippen molar-refractivity contribution in [2.24, 2.45) is 0 Å². The van der Waals surface area contributed by atoms with Gasteiger partial charge in [0, 0.05) is 13.0 Å². The number of carbonyl (C=O) groups excluding carboxylic acids is 3. The van der Waals surface area contributed by atoms with Crippen molar-refractivity contribution in [2.75, 3.05) is 20.8 Å². The van der Waals surface area contributed by atoms with Gasteiger partial charge in [-0.15, -0.1) is 0 Å². The summed E-state index contributed by atoms with van der Waals surface area (Å²) in [6.07, 6.45) is 0.598. The van der Waals surface area contributed by atoms with Crippen LogP contribution in [0.3, 0.4) is 0 Å². The fourth-order valence-corrected chi connectivity index (χ4v) is 1.59. The highest BCUT2D eigenvalue weighted by Gasteiger charge is 2.15. The van der Waals surface area contributed by atoms with Crippen LogP contribution >= 0.6 is 0 Å². The van der Waals surface area contributed by atoms with E-state index in [9.17, 15) is 19.5 Å². The smallest absolute Gasteiger partial charge is 0.337 e. The van der Waals surface area contributed by atoms with Gasteiger partial charge in [0.15, 0.2) is 0 Å². The van der Waals surface area contributed by atoms with E-state index in [0.717, 1.165) is 0 Å². The fraction of sp³-hybridized carbons (Fsp3) is 0.357. The predicted molar refractivity (Wildman–Crippen MR) is 73.0 cm³/mol. The Morgan fingerprint density at radius 2 is 1.90 bits per heavy atom. The fourth-order valence-electron chi connectivity index (χ4n) is 1.59. The number of hydrogen-bond donors (Lipinski definition) is 2. The summed E-state index contributed by atoms with van der Waals surface area (Å²) in [4.78, 5) is 34.2. The van der Waals surface area contributed by atoms with Gasteiger partial charge in [-0.05, 0) is 24.6 Å². The minimum atomic E-state index is -0.602. The molecule has 7 nitrogen and oxygen atoms in total. The lowest BCUT2D eigenvalue weighted by atomic mass is 10.1. The third kappa shape index (κ3) is 4.79. The highest BCUT2D eigenvalue weighted by molar-refractivity contribution is 6.00. The van der Waals surface area contributed by atoms with Crippen LogP contribution in [0, 0.1) is 0 Å². The second-order valence-corrected chi connectivity index (χ2v) is 4.16. The molecule has 1 amide bonds. The van der Waals surface area contributed by atoms with E-state index in [2.05, 4.69) is 14.8 Å². The Kier molecular flexibility index (Phi) is 6.19. The normalized spacial score (nSPS) is 9.81. The van der Waals surface area contributed by atoms with Gasteiger partial charge >= 0.3 is 11.9 Å². The molecule has 0 aliphatic heterocycles. The molecule has 1 rings (SSSR count). The molecule has 114 valence electrons. The lowest BCUT2D eigenvalue weighted by Gasteiger charge is -2.08. The number of esters is 2. The molecule has 1 aromatic rings. The van der Waals surface area contributed by atoms with E-state index < -0.39 is 11.9 Å². The van der Waals surface area contributed by atoms with Gasteiger partial charge in [0.2, 0.25) is 0 Å². The number of aromatic hydroxyl groups is 1. The summed E-state index contributed by atoms with van der Waals surface area (Å²) in [5.41, 5.74) is 0.131. The summed E-state index contributed by atoms with van der Waals surface area (Å²) in [5, 5.41) is 12.2. The molecule has 0 aliphatic carbocycles. The Balaban J connectivity index is 2.65. The molecule has 21 heavy (non-hydrogen) atoms. The zero-order valence-electron chi connectivity index (χ0n) is 11.8. The molecule has 1 aromatic carbocycles. The molecule has 2 N–H and O–H groups in total. The number of ether oxygens (including phenoxy) is 2. The van der Waals surface area contributed by atoms with Crippen LogP contribution in [-0.4, -0.2) is 43.7 Å². The third-order valence-electron chi connectivity index (χ3n) is 2.73. The van der Waals surface area contributed by atoms with Crippen LogP contribution in [0.15, 0.2) is 18.2 Å². The van der Waals surface area contributed by atoms with Gasteiger partial charge in [-0.3, -0.25) is 9.59 Å². The lowest BCUT2D eigenvalue weighted by molar-refractivity contribution is -0.140. The van der Waals surface area contributed by atoms with Crippen molar-refractivity contribution in [1.82, 2.24) is 5.32 Å². The predicted octanol–water partition coefficient (Wildman–Crippen LogP) is 0.862. The average Bonchev–Trinajstić information content (AvgIpc) is 2.50. The molecule has 0 aromatic heterocycles. The van der Waals surface area contributed by atoms with Gasteiger partial charge in [0.25, 0.3) is 5.91 Å². The first kappa shape index (κ1) is 16.5. The summed E-state index contributed by atoms with van der Waals surface area (Å²) < 4.78 is 9.02. The van der Waals surface area contributed by atoms with Gasteiger partial charge in [-0.1, -0.05) is 0 Å². The van der Waals surface area contributed by atoms with Gasteiger partial charge in [0.05, 0.1) is 25.3 Å². The Morgan fingerprint density at radius 1 is 1.19 bits per heavy atom. The molecule has 7 heteroatoms. The van der Waals surface area contributed by atoms with Crippen molar-refractivity contribution in [3.05, 3.63) is 29.3 Å². The van der Waals surface area contributed by atoms with Crippen molar-refractivity contribution in [3.63, 3.8) is 0 Å². The van der Waals surface area contributed by atoms with Crippen LogP contribution in [0.5, 0.6) is 5.75 Å². The van der Waals surface area contributed by atoms with Crippen molar-refractivity contribution in [1.29, 1.82) is 0 Å². The second-order valence-electron chi connectivity index (χ2n) is 4.16. The quantitative estimate of drug-likeness (QED) is 0.596.